The lowest BCUT2D eigenvalue weighted by Crippen LogP contribution is -2.16. The molecule has 0 saturated heterocycles. The van der Waals surface area contributed by atoms with Crippen LogP contribution in [0.5, 0.6) is 0 Å². The van der Waals surface area contributed by atoms with E-state index in [4.69, 9.17) is 0 Å². The van der Waals surface area contributed by atoms with Gasteiger partial charge in [0.25, 0.3) is 0 Å². The molecule has 0 N–H and O–H groups in total. The number of hydrogen-bond acceptors (Lipinski definition) is 1. The molecule has 0 atom stereocenters. The highest BCUT2D eigenvalue weighted by molar-refractivity contribution is 6.13. The molecule has 1 aliphatic carbocycles. The lowest BCUT2D eigenvalue weighted by atomic mass is 9.77. The minimum Gasteiger partial charge on any atom is -0.311 e. The van der Waals surface area contributed by atoms with Crippen LogP contribution in [0.1, 0.15) is 25.0 Å². The molecule has 11 rings (SSSR count). The summed E-state index contributed by atoms with van der Waals surface area (Å²) in [5.74, 6) is 0. The van der Waals surface area contributed by atoms with Gasteiger partial charge in [-0.1, -0.05) is 190 Å². The van der Waals surface area contributed by atoms with E-state index in [1.807, 2.05) is 0 Å². The predicted octanol–water partition coefficient (Wildman–Crippen LogP) is 16.4. The molecule has 0 aliphatic heterocycles. The summed E-state index contributed by atoms with van der Waals surface area (Å²) in [6.07, 6.45) is 0. The number of nitrogens with zero attached hydrogens (tertiary/aromatic N) is 1. The lowest BCUT2D eigenvalue weighted by molar-refractivity contribution is 0.662. The Hall–Kier alpha value is -7.48. The van der Waals surface area contributed by atoms with Crippen LogP contribution >= 0.6 is 0 Å². The Labute approximate surface area is 352 Å². The highest BCUT2D eigenvalue weighted by atomic mass is 15.1. The van der Waals surface area contributed by atoms with Crippen LogP contribution in [-0.2, 0) is 5.41 Å². The molecule has 0 heterocycles. The molecule has 10 aromatic rings. The average Bonchev–Trinajstić information content (AvgIpc) is 3.55. The highest BCUT2D eigenvalue weighted by Gasteiger charge is 2.37. The Morgan fingerprint density at radius 2 is 0.817 bits per heavy atom. The molecule has 0 unspecified atom stereocenters. The van der Waals surface area contributed by atoms with Crippen molar-refractivity contribution in [2.45, 2.75) is 19.3 Å². The third-order valence-electron chi connectivity index (χ3n) is 12.7. The summed E-state index contributed by atoms with van der Waals surface area (Å²) in [6.45, 7) is 4.76. The van der Waals surface area contributed by atoms with E-state index in [2.05, 4.69) is 243 Å². The van der Waals surface area contributed by atoms with E-state index >= 15 is 0 Å². The maximum Gasteiger partial charge on any atom is 0.0462 e. The standard InChI is InChI=1S/C59H43N/c1-59(2)57-27-14-13-24-52(57)53-25-15-26-54(58(53)59)56-38-43(32-37-49(56)41-16-5-3-6-17-41)40-28-33-46(34-29-40)60(45-19-7-4-8-20-45)47-35-30-42(31-36-47)55-39-44-18-9-10-21-48(44)50-22-11-12-23-51(50)55/h3-39H,1-2H3. The summed E-state index contributed by atoms with van der Waals surface area (Å²) in [5.41, 5.74) is 18.5. The van der Waals surface area contributed by atoms with Crippen molar-refractivity contribution in [3.05, 3.63) is 236 Å². The van der Waals surface area contributed by atoms with Gasteiger partial charge in [-0.15, -0.1) is 0 Å². The first kappa shape index (κ1) is 35.7. The summed E-state index contributed by atoms with van der Waals surface area (Å²) >= 11 is 0. The van der Waals surface area contributed by atoms with Gasteiger partial charge in [-0.2, -0.15) is 0 Å². The largest absolute Gasteiger partial charge is 0.311 e. The van der Waals surface area contributed by atoms with Crippen molar-refractivity contribution in [2.75, 3.05) is 4.90 Å². The van der Waals surface area contributed by atoms with Crippen molar-refractivity contribution in [3.8, 4) is 55.6 Å². The lowest BCUT2D eigenvalue weighted by Gasteiger charge is -2.26. The molecule has 60 heavy (non-hydrogen) atoms. The maximum atomic E-state index is 2.41. The zero-order valence-electron chi connectivity index (χ0n) is 33.8. The fraction of sp³-hybridized carbons (Fsp3) is 0.0508. The minimum absolute atomic E-state index is 0.128. The normalized spacial score (nSPS) is 12.6. The summed E-state index contributed by atoms with van der Waals surface area (Å²) < 4.78 is 0. The molecule has 0 bridgehead atoms. The second-order valence-corrected chi connectivity index (χ2v) is 16.5. The van der Waals surface area contributed by atoms with Gasteiger partial charge in [0.2, 0.25) is 0 Å². The molecule has 1 aliphatic rings. The van der Waals surface area contributed by atoms with Gasteiger partial charge in [0.1, 0.15) is 0 Å². The van der Waals surface area contributed by atoms with Gasteiger partial charge in [-0.05, 0) is 137 Å². The number of anilines is 3. The molecular weight excluding hydrogens is 723 g/mol. The number of rotatable bonds is 7. The van der Waals surface area contributed by atoms with Crippen molar-refractivity contribution in [1.82, 2.24) is 0 Å². The van der Waals surface area contributed by atoms with Crippen LogP contribution in [0, 0.1) is 0 Å². The Kier molecular flexibility index (Phi) is 8.57. The third-order valence-corrected chi connectivity index (χ3v) is 12.7. The van der Waals surface area contributed by atoms with E-state index < -0.39 is 0 Å². The Morgan fingerprint density at radius 1 is 0.300 bits per heavy atom. The minimum atomic E-state index is -0.128. The number of hydrogen-bond donors (Lipinski definition) is 0. The Bertz CT molecular complexity index is 3200. The second kappa shape index (κ2) is 14.4. The van der Waals surface area contributed by atoms with Crippen LogP contribution in [0.4, 0.5) is 17.1 Å². The molecule has 284 valence electrons. The molecular formula is C59H43N. The van der Waals surface area contributed by atoms with E-state index in [1.54, 1.807) is 0 Å². The molecule has 0 amide bonds. The van der Waals surface area contributed by atoms with Gasteiger partial charge >= 0.3 is 0 Å². The van der Waals surface area contributed by atoms with E-state index in [0.29, 0.717) is 0 Å². The van der Waals surface area contributed by atoms with Crippen LogP contribution in [0.3, 0.4) is 0 Å². The Balaban J connectivity index is 0.989. The molecule has 0 spiro atoms. The van der Waals surface area contributed by atoms with Crippen molar-refractivity contribution in [2.24, 2.45) is 0 Å². The van der Waals surface area contributed by atoms with Gasteiger partial charge in [-0.25, -0.2) is 0 Å². The molecule has 10 aromatic carbocycles. The first-order chi connectivity index (χ1) is 29.5. The Morgan fingerprint density at radius 3 is 1.55 bits per heavy atom. The fourth-order valence-corrected chi connectivity index (χ4v) is 9.80. The number of fused-ring (bicyclic) bond motifs is 6. The van der Waals surface area contributed by atoms with E-state index in [0.717, 1.165) is 17.1 Å². The van der Waals surface area contributed by atoms with Gasteiger partial charge in [0, 0.05) is 22.5 Å². The monoisotopic (exact) mass is 765 g/mol. The van der Waals surface area contributed by atoms with Gasteiger partial charge in [0.05, 0.1) is 0 Å². The van der Waals surface area contributed by atoms with Crippen LogP contribution < -0.4 is 4.90 Å². The van der Waals surface area contributed by atoms with Crippen LogP contribution in [-0.4, -0.2) is 0 Å². The zero-order chi connectivity index (χ0) is 40.2. The van der Waals surface area contributed by atoms with Crippen molar-refractivity contribution in [1.29, 1.82) is 0 Å². The van der Waals surface area contributed by atoms with Crippen LogP contribution in [0.2, 0.25) is 0 Å². The topological polar surface area (TPSA) is 3.24 Å². The molecule has 1 nitrogen and oxygen atoms in total. The third kappa shape index (κ3) is 5.93. The molecule has 0 radical (unpaired) electrons. The van der Waals surface area contributed by atoms with Gasteiger partial charge in [-0.3, -0.25) is 0 Å². The molecule has 1 heteroatoms. The molecule has 0 fully saturated rings. The van der Waals surface area contributed by atoms with Crippen molar-refractivity contribution < 1.29 is 0 Å². The maximum absolute atomic E-state index is 2.41. The number of benzene rings is 10. The van der Waals surface area contributed by atoms with E-state index in [-0.39, 0.29) is 5.41 Å². The summed E-state index contributed by atoms with van der Waals surface area (Å²) in [5, 5.41) is 5.09. The highest BCUT2D eigenvalue weighted by Crippen LogP contribution is 2.53. The van der Waals surface area contributed by atoms with Crippen molar-refractivity contribution in [3.63, 3.8) is 0 Å². The fourth-order valence-electron chi connectivity index (χ4n) is 9.80. The van der Waals surface area contributed by atoms with Crippen LogP contribution in [0.25, 0.3) is 77.2 Å². The van der Waals surface area contributed by atoms with Crippen LogP contribution in [0.15, 0.2) is 224 Å². The smallest absolute Gasteiger partial charge is 0.0462 e. The van der Waals surface area contributed by atoms with Crippen molar-refractivity contribution >= 4 is 38.6 Å². The summed E-state index contributed by atoms with van der Waals surface area (Å²) in [4.78, 5) is 2.35. The first-order valence-electron chi connectivity index (χ1n) is 20.9. The number of para-hydroxylation sites is 1. The first-order valence-corrected chi connectivity index (χ1v) is 20.9. The zero-order valence-corrected chi connectivity index (χ0v) is 33.8. The van der Waals surface area contributed by atoms with Gasteiger partial charge < -0.3 is 4.90 Å². The predicted molar refractivity (Wildman–Crippen MR) is 255 cm³/mol. The SMILES string of the molecule is CC1(C)c2ccccc2-c2cccc(-c3cc(-c4ccc(N(c5ccccc5)c5ccc(-c6cc7ccccc7c7ccccc67)cc5)cc4)ccc3-c3ccccc3)c21. The molecule has 0 aromatic heterocycles. The molecule has 0 saturated carbocycles. The summed E-state index contributed by atoms with van der Waals surface area (Å²) in [7, 11) is 0. The van der Waals surface area contributed by atoms with E-state index in [1.165, 1.54) is 88.3 Å². The quantitative estimate of drug-likeness (QED) is 0.146. The van der Waals surface area contributed by atoms with Gasteiger partial charge in [0.15, 0.2) is 0 Å². The second-order valence-electron chi connectivity index (χ2n) is 16.5. The summed E-state index contributed by atoms with van der Waals surface area (Å²) in [6, 6.07) is 82.2. The average molecular weight is 766 g/mol. The van der Waals surface area contributed by atoms with E-state index in [9.17, 15) is 0 Å².